The molecule has 3 aliphatic rings. The van der Waals surface area contributed by atoms with Crippen LogP contribution in [0.2, 0.25) is 0 Å². The van der Waals surface area contributed by atoms with Crippen LogP contribution in [-0.2, 0) is 4.79 Å². The Bertz CT molecular complexity index is 909. The van der Waals surface area contributed by atoms with Crippen LogP contribution in [-0.4, -0.2) is 15.6 Å². The van der Waals surface area contributed by atoms with Crippen molar-refractivity contribution in [3.05, 3.63) is 27.6 Å². The van der Waals surface area contributed by atoms with E-state index >= 15 is 0 Å². The number of thiophene rings is 1. The van der Waals surface area contributed by atoms with Crippen molar-refractivity contribution in [1.82, 2.24) is 9.66 Å². The van der Waals surface area contributed by atoms with Crippen LogP contribution in [0.1, 0.15) is 65.1 Å². The van der Waals surface area contributed by atoms with Gasteiger partial charge >= 0.3 is 0 Å². The van der Waals surface area contributed by atoms with E-state index in [0.717, 1.165) is 17.2 Å². The Morgan fingerprint density at radius 1 is 1.42 bits per heavy atom. The van der Waals surface area contributed by atoms with Crippen LogP contribution >= 0.6 is 11.3 Å². The molecule has 1 N–H and O–H groups in total. The first-order valence-electron chi connectivity index (χ1n) is 9.59. The van der Waals surface area contributed by atoms with Crippen molar-refractivity contribution in [3.8, 4) is 0 Å². The van der Waals surface area contributed by atoms with Crippen molar-refractivity contribution >= 4 is 27.5 Å². The Kier molecular flexibility index (Phi) is 4.21. The summed E-state index contributed by atoms with van der Waals surface area (Å²) >= 11 is 1.46. The highest BCUT2D eigenvalue weighted by Gasteiger charge is 2.54. The number of carbonyl (C=O) groups is 1. The van der Waals surface area contributed by atoms with Crippen LogP contribution in [0.15, 0.2) is 16.2 Å². The van der Waals surface area contributed by atoms with E-state index in [2.05, 4.69) is 24.3 Å². The summed E-state index contributed by atoms with van der Waals surface area (Å²) in [6.45, 7) is 8.65. The van der Waals surface area contributed by atoms with E-state index in [1.807, 2.05) is 19.2 Å². The van der Waals surface area contributed by atoms with Gasteiger partial charge in [-0.05, 0) is 53.9 Å². The van der Waals surface area contributed by atoms with Gasteiger partial charge in [-0.3, -0.25) is 15.0 Å². The maximum absolute atomic E-state index is 12.8. The van der Waals surface area contributed by atoms with Crippen LogP contribution in [0.25, 0.3) is 10.2 Å². The van der Waals surface area contributed by atoms with Crippen LogP contribution in [0.5, 0.6) is 0 Å². The second-order valence-electron chi connectivity index (χ2n) is 8.84. The van der Waals surface area contributed by atoms with Gasteiger partial charge < -0.3 is 0 Å². The molecule has 2 aromatic rings. The number of hydrogen-bond donors (Lipinski definition) is 1. The van der Waals surface area contributed by atoms with Gasteiger partial charge in [-0.2, -0.15) is 0 Å². The fraction of sp³-hybridized carbons (Fsp3) is 0.650. The molecular formula is C20H27N3O2S. The zero-order chi connectivity index (χ0) is 18.6. The number of carbonyl (C=O) groups excluding carboxylic acids is 1. The number of rotatable bonds is 4. The third-order valence-corrected chi connectivity index (χ3v) is 7.53. The fourth-order valence-electron chi connectivity index (χ4n) is 5.04. The Labute approximate surface area is 157 Å². The number of nitrogens with zero attached hydrogens (tertiary/aromatic N) is 2. The second-order valence-corrected chi connectivity index (χ2v) is 9.74. The van der Waals surface area contributed by atoms with E-state index in [4.69, 9.17) is 0 Å². The molecule has 3 saturated carbocycles. The third kappa shape index (κ3) is 2.70. The molecule has 3 atom stereocenters. The van der Waals surface area contributed by atoms with Crippen molar-refractivity contribution in [3.63, 3.8) is 0 Å². The Balaban J connectivity index is 1.57. The van der Waals surface area contributed by atoms with Gasteiger partial charge in [-0.1, -0.05) is 27.7 Å². The monoisotopic (exact) mass is 373 g/mol. The normalized spacial score (nSPS) is 26.7. The topological polar surface area (TPSA) is 64.0 Å². The van der Waals surface area contributed by atoms with E-state index in [1.165, 1.54) is 28.9 Å². The zero-order valence-corrected chi connectivity index (χ0v) is 16.7. The van der Waals surface area contributed by atoms with E-state index in [0.29, 0.717) is 34.9 Å². The van der Waals surface area contributed by atoms with E-state index < -0.39 is 0 Å². The van der Waals surface area contributed by atoms with Crippen molar-refractivity contribution in [2.75, 3.05) is 5.43 Å². The van der Waals surface area contributed by atoms with Gasteiger partial charge in [-0.25, -0.2) is 9.66 Å². The summed E-state index contributed by atoms with van der Waals surface area (Å²) in [5.41, 5.74) is 3.04. The highest BCUT2D eigenvalue weighted by atomic mass is 32.1. The van der Waals surface area contributed by atoms with Gasteiger partial charge in [0.05, 0.1) is 5.39 Å². The van der Waals surface area contributed by atoms with E-state index in [1.54, 1.807) is 6.07 Å². The van der Waals surface area contributed by atoms with Gasteiger partial charge in [0, 0.05) is 12.3 Å². The highest BCUT2D eigenvalue weighted by Crippen LogP contribution is 2.61. The summed E-state index contributed by atoms with van der Waals surface area (Å²) in [6, 6.07) is 1.78. The standard InChI is InChI=1S/C20H27N3O2S/c1-11(2)17-21-18-14(7-8-26-18)19(25)23(17)22-16(24)9-12-5-6-13-10-15(12)20(13,3)4/h7-8,11-13,15H,5-6,9-10H2,1-4H3,(H,22,24)/t12-,13-,15-/m0/s1. The predicted octanol–water partition coefficient (Wildman–Crippen LogP) is 4.11. The number of aromatic nitrogens is 2. The molecule has 0 radical (unpaired) electrons. The minimum absolute atomic E-state index is 0.0514. The molecule has 26 heavy (non-hydrogen) atoms. The molecule has 0 unspecified atom stereocenters. The molecule has 3 aliphatic carbocycles. The largest absolute Gasteiger partial charge is 0.281 e. The molecule has 0 aliphatic heterocycles. The molecule has 0 aromatic carbocycles. The molecule has 2 aromatic heterocycles. The van der Waals surface area contributed by atoms with E-state index in [9.17, 15) is 9.59 Å². The first-order chi connectivity index (χ1) is 12.3. The molecule has 6 heteroatoms. The average Bonchev–Trinajstić information content (AvgIpc) is 3.05. The predicted molar refractivity (Wildman–Crippen MR) is 105 cm³/mol. The SMILES string of the molecule is CC(C)c1nc2sccc2c(=O)n1NC(=O)C[C@@H]1CC[C@H]2C[C@@H]1C2(C)C. The van der Waals surface area contributed by atoms with Crippen molar-refractivity contribution < 1.29 is 4.79 Å². The lowest BCUT2D eigenvalue weighted by molar-refractivity contribution is -0.129. The van der Waals surface area contributed by atoms with Gasteiger partial charge in [0.1, 0.15) is 10.7 Å². The van der Waals surface area contributed by atoms with E-state index in [-0.39, 0.29) is 17.4 Å². The molecule has 1 amide bonds. The van der Waals surface area contributed by atoms with Gasteiger partial charge in [-0.15, -0.1) is 11.3 Å². The average molecular weight is 374 g/mol. The summed E-state index contributed by atoms with van der Waals surface area (Å²) in [6.07, 6.45) is 4.10. The minimum Gasteiger partial charge on any atom is -0.273 e. The molecule has 0 saturated heterocycles. The summed E-state index contributed by atoms with van der Waals surface area (Å²) in [7, 11) is 0. The van der Waals surface area contributed by atoms with Crippen LogP contribution < -0.4 is 11.0 Å². The lowest BCUT2D eigenvalue weighted by atomic mass is 9.45. The van der Waals surface area contributed by atoms with Gasteiger partial charge in [0.2, 0.25) is 5.91 Å². The van der Waals surface area contributed by atoms with Gasteiger partial charge in [0.25, 0.3) is 5.56 Å². The zero-order valence-electron chi connectivity index (χ0n) is 15.9. The van der Waals surface area contributed by atoms with Gasteiger partial charge in [0.15, 0.2) is 0 Å². The number of nitrogens with one attached hydrogen (secondary N) is 1. The smallest absolute Gasteiger partial charge is 0.273 e. The second kappa shape index (κ2) is 6.19. The molecule has 0 spiro atoms. The summed E-state index contributed by atoms with van der Waals surface area (Å²) in [5, 5.41) is 2.44. The summed E-state index contributed by atoms with van der Waals surface area (Å²) in [4.78, 5) is 30.9. The first-order valence-corrected chi connectivity index (χ1v) is 10.5. The minimum atomic E-state index is -0.180. The van der Waals surface area contributed by atoms with Crippen LogP contribution in [0.3, 0.4) is 0 Å². The fourth-order valence-corrected chi connectivity index (χ4v) is 5.80. The third-order valence-electron chi connectivity index (χ3n) is 6.73. The number of amides is 1. The molecule has 2 bridgehead atoms. The lowest BCUT2D eigenvalue weighted by Crippen LogP contribution is -2.53. The number of fused-ring (bicyclic) bond motifs is 3. The quantitative estimate of drug-likeness (QED) is 0.877. The van der Waals surface area contributed by atoms with Crippen molar-refractivity contribution in [1.29, 1.82) is 0 Å². The maximum atomic E-state index is 12.8. The van der Waals surface area contributed by atoms with Crippen LogP contribution in [0.4, 0.5) is 0 Å². The van der Waals surface area contributed by atoms with Crippen molar-refractivity contribution in [2.45, 2.75) is 59.3 Å². The molecule has 140 valence electrons. The number of hydrogen-bond acceptors (Lipinski definition) is 4. The highest BCUT2D eigenvalue weighted by molar-refractivity contribution is 7.16. The Morgan fingerprint density at radius 2 is 2.19 bits per heavy atom. The molecule has 5 nitrogen and oxygen atoms in total. The van der Waals surface area contributed by atoms with Crippen LogP contribution in [0, 0.1) is 23.2 Å². The molecule has 2 heterocycles. The molecule has 3 fully saturated rings. The maximum Gasteiger partial charge on any atom is 0.281 e. The Morgan fingerprint density at radius 3 is 2.85 bits per heavy atom. The summed E-state index contributed by atoms with van der Waals surface area (Å²) in [5.74, 6) is 2.47. The molecular weight excluding hydrogens is 346 g/mol. The molecule has 5 rings (SSSR count). The summed E-state index contributed by atoms with van der Waals surface area (Å²) < 4.78 is 1.37. The Hall–Kier alpha value is -1.69. The lowest BCUT2D eigenvalue weighted by Gasteiger charge is -2.60. The first kappa shape index (κ1) is 17.7. The van der Waals surface area contributed by atoms with Crippen molar-refractivity contribution in [2.24, 2.45) is 23.2 Å².